The van der Waals surface area contributed by atoms with Crippen molar-refractivity contribution >= 4 is 12.0 Å². The van der Waals surface area contributed by atoms with Crippen LogP contribution in [-0.2, 0) is 30.4 Å². The second-order valence-corrected chi connectivity index (χ2v) is 12.1. The summed E-state index contributed by atoms with van der Waals surface area (Å²) < 4.78 is 19.3. The van der Waals surface area contributed by atoms with Gasteiger partial charge in [-0.05, 0) is 52.3 Å². The zero-order chi connectivity index (χ0) is 32.4. The van der Waals surface area contributed by atoms with Crippen molar-refractivity contribution in [2.45, 2.75) is 58.7 Å². The normalized spacial score (nSPS) is 12.9. The number of hydrogen-bond donors (Lipinski definition) is 1. The highest BCUT2D eigenvalue weighted by molar-refractivity contribution is 5.95. The molecule has 0 fully saturated rings. The first-order valence-electron chi connectivity index (χ1n) is 14.4. The molecule has 13 nitrogen and oxygen atoms in total. The van der Waals surface area contributed by atoms with Gasteiger partial charge in [-0.2, -0.15) is 5.10 Å². The molecule has 0 spiro atoms. The number of ether oxygens (including phenoxy) is 1. The molecule has 0 unspecified atom stereocenters. The summed E-state index contributed by atoms with van der Waals surface area (Å²) in [4.78, 5) is 37.0. The molecule has 0 bridgehead atoms. The average molecular weight is 613 g/mol. The Morgan fingerprint density at radius 2 is 1.76 bits per heavy atom. The Kier molecular flexibility index (Phi) is 8.53. The van der Waals surface area contributed by atoms with Crippen LogP contribution in [0, 0.1) is 6.92 Å². The molecule has 234 valence electrons. The lowest BCUT2D eigenvalue weighted by molar-refractivity contribution is -0.00123. The number of oxazole rings is 1. The summed E-state index contributed by atoms with van der Waals surface area (Å²) in [6.07, 6.45) is 4.28. The quantitative estimate of drug-likeness (QED) is 0.238. The van der Waals surface area contributed by atoms with Crippen LogP contribution in [0.4, 0.5) is 4.79 Å². The third-order valence-corrected chi connectivity index (χ3v) is 7.09. The Balaban J connectivity index is 1.50. The maximum Gasteiger partial charge on any atom is 0.408 e. The fraction of sp³-hybridized carbons (Fsp3) is 0.344. The third-order valence-electron chi connectivity index (χ3n) is 7.09. The molecule has 0 radical (unpaired) electrons. The second-order valence-electron chi connectivity index (χ2n) is 12.1. The summed E-state index contributed by atoms with van der Waals surface area (Å²) >= 11 is 0. The highest BCUT2D eigenvalue weighted by atomic mass is 16.6. The number of carbonyl (C=O) groups excluding carboxylic acids is 2. The van der Waals surface area contributed by atoms with E-state index < -0.39 is 17.2 Å². The molecule has 2 amide bonds. The number of aryl methyl sites for hydroxylation is 1. The Morgan fingerprint density at radius 3 is 2.38 bits per heavy atom. The third kappa shape index (κ3) is 7.25. The summed E-state index contributed by atoms with van der Waals surface area (Å²) in [6, 6.07) is 12.7. The molecule has 0 saturated heterocycles. The number of nitrogens with zero attached hydrogens (tertiary/aromatic N) is 7. The minimum Gasteiger partial charge on any atom is -0.443 e. The molecular formula is C32H36N8O5. The minimum atomic E-state index is -1.33. The fourth-order valence-electron chi connectivity index (χ4n) is 4.69. The van der Waals surface area contributed by atoms with Crippen molar-refractivity contribution in [2.75, 3.05) is 7.05 Å². The van der Waals surface area contributed by atoms with Crippen molar-refractivity contribution < 1.29 is 23.2 Å². The van der Waals surface area contributed by atoms with Gasteiger partial charge in [0.2, 0.25) is 5.89 Å². The Bertz CT molecular complexity index is 1790. The molecule has 1 N–H and O–H groups in total. The second kappa shape index (κ2) is 12.3. The van der Waals surface area contributed by atoms with Crippen LogP contribution in [0.5, 0.6) is 0 Å². The molecule has 0 aliphatic rings. The van der Waals surface area contributed by atoms with E-state index in [1.54, 1.807) is 41.9 Å². The highest BCUT2D eigenvalue weighted by Crippen LogP contribution is 2.32. The van der Waals surface area contributed by atoms with Crippen molar-refractivity contribution in [3.05, 3.63) is 89.4 Å². The number of benzene rings is 1. The van der Waals surface area contributed by atoms with Crippen LogP contribution in [0.1, 0.15) is 60.8 Å². The smallest absolute Gasteiger partial charge is 0.408 e. The average Bonchev–Trinajstić information content (AvgIpc) is 3.76. The lowest BCUT2D eigenvalue weighted by Crippen LogP contribution is -2.45. The van der Waals surface area contributed by atoms with E-state index in [0.29, 0.717) is 17.8 Å². The predicted octanol–water partition coefficient (Wildman–Crippen LogP) is 5.08. The van der Waals surface area contributed by atoms with E-state index in [-0.39, 0.29) is 35.7 Å². The van der Waals surface area contributed by atoms with Gasteiger partial charge < -0.3 is 23.8 Å². The predicted molar refractivity (Wildman–Crippen MR) is 164 cm³/mol. The molecule has 0 saturated carbocycles. The van der Waals surface area contributed by atoms with Crippen LogP contribution in [0.2, 0.25) is 0 Å². The van der Waals surface area contributed by atoms with Gasteiger partial charge in [-0.25, -0.2) is 14.8 Å². The van der Waals surface area contributed by atoms with Crippen molar-refractivity contribution in [3.8, 4) is 23.2 Å². The lowest BCUT2D eigenvalue weighted by atomic mass is 9.96. The Morgan fingerprint density at radius 1 is 1.04 bits per heavy atom. The summed E-state index contributed by atoms with van der Waals surface area (Å²) in [5.74, 6) is 0.0289. The van der Waals surface area contributed by atoms with E-state index in [1.807, 2.05) is 65.1 Å². The zero-order valence-electron chi connectivity index (χ0n) is 26.4. The number of pyridine rings is 1. The topological polar surface area (TPSA) is 154 Å². The van der Waals surface area contributed by atoms with E-state index in [2.05, 4.69) is 30.6 Å². The van der Waals surface area contributed by atoms with Crippen molar-refractivity contribution in [1.29, 1.82) is 0 Å². The maximum atomic E-state index is 13.7. The van der Waals surface area contributed by atoms with Gasteiger partial charge in [0, 0.05) is 49.4 Å². The molecular weight excluding hydrogens is 576 g/mol. The number of rotatable bonds is 9. The van der Waals surface area contributed by atoms with Crippen LogP contribution < -0.4 is 5.32 Å². The van der Waals surface area contributed by atoms with Gasteiger partial charge >= 0.3 is 6.09 Å². The fourth-order valence-corrected chi connectivity index (χ4v) is 4.69. The van der Waals surface area contributed by atoms with E-state index in [9.17, 15) is 9.59 Å². The molecule has 0 aliphatic heterocycles. The first-order chi connectivity index (χ1) is 21.3. The van der Waals surface area contributed by atoms with Crippen molar-refractivity contribution in [1.82, 2.24) is 40.2 Å². The number of nitrogens with one attached hydrogen (secondary N) is 1. The van der Waals surface area contributed by atoms with E-state index >= 15 is 0 Å². The molecule has 5 aromatic rings. The highest BCUT2D eigenvalue weighted by Gasteiger charge is 2.38. The molecule has 4 aromatic heterocycles. The first kappa shape index (κ1) is 31.1. The van der Waals surface area contributed by atoms with Gasteiger partial charge in [-0.3, -0.25) is 9.48 Å². The number of amides is 2. The van der Waals surface area contributed by atoms with E-state index in [4.69, 9.17) is 13.6 Å². The minimum absolute atomic E-state index is 0.0253. The number of aromatic nitrogens is 6. The van der Waals surface area contributed by atoms with Gasteiger partial charge in [0.15, 0.2) is 5.60 Å². The van der Waals surface area contributed by atoms with Gasteiger partial charge in [-0.1, -0.05) is 30.3 Å². The molecule has 5 rings (SSSR count). The zero-order valence-corrected chi connectivity index (χ0v) is 26.4. The maximum absolute atomic E-state index is 13.7. The van der Waals surface area contributed by atoms with Gasteiger partial charge in [0.25, 0.3) is 17.7 Å². The van der Waals surface area contributed by atoms with E-state index in [0.717, 1.165) is 16.8 Å². The van der Waals surface area contributed by atoms with Crippen LogP contribution in [-0.4, -0.2) is 59.4 Å². The number of hydrogen-bond acceptors (Lipinski definition) is 10. The Labute approximate surface area is 260 Å². The molecule has 45 heavy (non-hydrogen) atoms. The molecule has 13 heteroatoms. The van der Waals surface area contributed by atoms with Crippen LogP contribution in [0.3, 0.4) is 0 Å². The van der Waals surface area contributed by atoms with Crippen molar-refractivity contribution in [2.24, 2.45) is 7.05 Å². The monoisotopic (exact) mass is 612 g/mol. The van der Waals surface area contributed by atoms with Crippen LogP contribution in [0.15, 0.2) is 70.0 Å². The lowest BCUT2D eigenvalue weighted by Gasteiger charge is -2.29. The number of alkyl carbamates (subject to hydrolysis) is 1. The standard InChI is InChI=1S/C32H36N8O5/c1-20-23(18-34-40(20)7)19-39(6)28(41)22-15-24(26-33-13-14-43-26)35-25(16-22)27-37-38-29(44-27)32(5,17-21-11-9-8-10-12-21)45-30(42)36-31(2,3)4/h8-16,18H,17,19H2,1-7H3,(H,36,42)/t32-/m1/s1. The molecule has 0 aliphatic carbocycles. The van der Waals surface area contributed by atoms with Gasteiger partial charge in [0.05, 0.1) is 12.4 Å². The molecule has 1 atom stereocenters. The Hall–Kier alpha value is -5.33. The van der Waals surface area contributed by atoms with Gasteiger partial charge in [0.1, 0.15) is 17.7 Å². The number of carbonyl (C=O) groups is 2. The summed E-state index contributed by atoms with van der Waals surface area (Å²) in [6.45, 7) is 9.57. The largest absolute Gasteiger partial charge is 0.443 e. The van der Waals surface area contributed by atoms with Crippen LogP contribution >= 0.6 is 0 Å². The molecule has 4 heterocycles. The summed E-state index contributed by atoms with van der Waals surface area (Å²) in [5, 5.41) is 15.6. The molecule has 1 aromatic carbocycles. The summed E-state index contributed by atoms with van der Waals surface area (Å²) in [5.41, 5.74) is 1.76. The first-order valence-corrected chi connectivity index (χ1v) is 14.4. The SMILES string of the molecule is Cc1c(CN(C)C(=O)c2cc(-c3ncco3)nc(-c3nnc([C@@](C)(Cc4ccccc4)OC(=O)NC(C)(C)C)o3)c2)cnn1C. The van der Waals surface area contributed by atoms with E-state index in [1.165, 1.54) is 12.5 Å². The summed E-state index contributed by atoms with van der Waals surface area (Å²) in [7, 11) is 3.56. The van der Waals surface area contributed by atoms with Crippen LogP contribution in [0.25, 0.3) is 23.2 Å². The van der Waals surface area contributed by atoms with Crippen molar-refractivity contribution in [3.63, 3.8) is 0 Å². The van der Waals surface area contributed by atoms with Gasteiger partial charge in [-0.15, -0.1) is 10.2 Å².